The average molecular weight is 291 g/mol. The molecule has 0 aliphatic rings. The summed E-state index contributed by atoms with van der Waals surface area (Å²) in [4.78, 5) is 0. The first kappa shape index (κ1) is 15.5. The molecule has 2 rings (SSSR count). The van der Waals surface area contributed by atoms with Gasteiger partial charge in [0, 0.05) is 12.7 Å². The fraction of sp³-hybridized carbons (Fsp3) is 0.467. The molecule has 0 saturated heterocycles. The molecule has 2 aromatic rings. The smallest absolute Gasteiger partial charge is 0.141 e. The summed E-state index contributed by atoms with van der Waals surface area (Å²) >= 11 is 0. The molecule has 0 unspecified atom stereocenters. The van der Waals surface area contributed by atoms with Crippen LogP contribution in [0.3, 0.4) is 0 Å². The number of benzene rings is 1. The van der Waals surface area contributed by atoms with Gasteiger partial charge in [0.2, 0.25) is 0 Å². The van der Waals surface area contributed by atoms with Gasteiger partial charge in [-0.25, -0.2) is 4.68 Å². The molecule has 1 aromatic carbocycles. The summed E-state index contributed by atoms with van der Waals surface area (Å²) in [5, 5.41) is 8.23. The second kappa shape index (κ2) is 7.75. The van der Waals surface area contributed by atoms with Crippen molar-refractivity contribution in [2.75, 3.05) is 20.3 Å². The van der Waals surface area contributed by atoms with Crippen LogP contribution in [0.5, 0.6) is 5.75 Å². The van der Waals surface area contributed by atoms with Crippen LogP contribution in [0.1, 0.15) is 13.8 Å². The first-order chi connectivity index (χ1) is 10.2. The summed E-state index contributed by atoms with van der Waals surface area (Å²) in [6, 6.07) is 7.80. The number of nitrogens with zero attached hydrogens (tertiary/aromatic N) is 3. The Morgan fingerprint density at radius 1 is 1.19 bits per heavy atom. The van der Waals surface area contributed by atoms with Gasteiger partial charge < -0.3 is 14.2 Å². The minimum atomic E-state index is 0.110. The zero-order chi connectivity index (χ0) is 15.1. The third-order valence-corrected chi connectivity index (χ3v) is 2.72. The maximum Gasteiger partial charge on any atom is 0.141 e. The zero-order valence-corrected chi connectivity index (χ0v) is 12.7. The van der Waals surface area contributed by atoms with Crippen molar-refractivity contribution >= 4 is 0 Å². The minimum Gasteiger partial charge on any atom is -0.490 e. The number of hydrogen-bond acceptors (Lipinski definition) is 5. The Kier molecular flexibility index (Phi) is 5.71. The molecule has 114 valence electrons. The van der Waals surface area contributed by atoms with Crippen molar-refractivity contribution in [3.05, 3.63) is 30.5 Å². The predicted molar refractivity (Wildman–Crippen MR) is 79.1 cm³/mol. The maximum absolute atomic E-state index is 5.80. The number of ether oxygens (including phenoxy) is 3. The van der Waals surface area contributed by atoms with Crippen LogP contribution in [0.2, 0.25) is 0 Å². The molecule has 0 fully saturated rings. The van der Waals surface area contributed by atoms with Gasteiger partial charge in [-0.1, -0.05) is 17.3 Å². The van der Waals surface area contributed by atoms with Crippen LogP contribution in [0.25, 0.3) is 11.3 Å². The molecule has 1 aromatic heterocycles. The summed E-state index contributed by atoms with van der Waals surface area (Å²) in [5.74, 6) is 0.805. The van der Waals surface area contributed by atoms with E-state index in [0.29, 0.717) is 19.9 Å². The first-order valence-electron chi connectivity index (χ1n) is 6.93. The summed E-state index contributed by atoms with van der Waals surface area (Å²) in [6.07, 6.45) is 1.95. The fourth-order valence-electron chi connectivity index (χ4n) is 1.82. The van der Waals surface area contributed by atoms with E-state index in [0.717, 1.165) is 17.0 Å². The standard InChI is InChI=1S/C15H21N3O3/c1-12(2)21-15-7-5-4-6-13(15)14-10-18(17-16-14)11-20-9-8-19-3/h4-7,10,12H,8-9,11H2,1-3H3. The third kappa shape index (κ3) is 4.54. The molecule has 21 heavy (non-hydrogen) atoms. The molecule has 0 saturated carbocycles. The van der Waals surface area contributed by atoms with Crippen LogP contribution in [-0.4, -0.2) is 41.4 Å². The van der Waals surface area contributed by atoms with Crippen LogP contribution in [0, 0.1) is 0 Å². The Labute approximate surface area is 124 Å². The van der Waals surface area contributed by atoms with Gasteiger partial charge in [0.15, 0.2) is 0 Å². The second-order valence-electron chi connectivity index (χ2n) is 4.84. The van der Waals surface area contributed by atoms with Crippen LogP contribution < -0.4 is 4.74 Å². The van der Waals surface area contributed by atoms with Crippen molar-refractivity contribution in [2.45, 2.75) is 26.7 Å². The van der Waals surface area contributed by atoms with E-state index in [9.17, 15) is 0 Å². The Morgan fingerprint density at radius 3 is 2.76 bits per heavy atom. The van der Waals surface area contributed by atoms with Gasteiger partial charge in [0.25, 0.3) is 0 Å². The zero-order valence-electron chi connectivity index (χ0n) is 12.7. The number of hydrogen-bond donors (Lipinski definition) is 0. The van der Waals surface area contributed by atoms with Crippen LogP contribution in [-0.2, 0) is 16.2 Å². The van der Waals surface area contributed by atoms with E-state index < -0.39 is 0 Å². The van der Waals surface area contributed by atoms with Crippen molar-refractivity contribution in [3.63, 3.8) is 0 Å². The number of aromatic nitrogens is 3. The topological polar surface area (TPSA) is 58.4 Å². The third-order valence-electron chi connectivity index (χ3n) is 2.72. The van der Waals surface area contributed by atoms with Crippen molar-refractivity contribution < 1.29 is 14.2 Å². The Hall–Kier alpha value is -1.92. The van der Waals surface area contributed by atoms with Crippen LogP contribution in [0.15, 0.2) is 30.5 Å². The van der Waals surface area contributed by atoms with Gasteiger partial charge in [0.1, 0.15) is 18.2 Å². The Bertz CT molecular complexity index is 555. The van der Waals surface area contributed by atoms with Crippen molar-refractivity contribution in [3.8, 4) is 17.0 Å². The summed E-state index contributed by atoms with van der Waals surface area (Å²) in [5.41, 5.74) is 1.69. The molecule has 0 spiro atoms. The van der Waals surface area contributed by atoms with Crippen molar-refractivity contribution in [1.82, 2.24) is 15.0 Å². The highest BCUT2D eigenvalue weighted by Gasteiger charge is 2.11. The predicted octanol–water partition coefficient (Wildman–Crippen LogP) is 2.35. The molecule has 0 bridgehead atoms. The van der Waals surface area contributed by atoms with E-state index in [4.69, 9.17) is 14.2 Å². The highest BCUT2D eigenvalue weighted by Crippen LogP contribution is 2.28. The van der Waals surface area contributed by atoms with Crippen LogP contribution in [0.4, 0.5) is 0 Å². The molecule has 6 heteroatoms. The van der Waals surface area contributed by atoms with Gasteiger partial charge in [-0.2, -0.15) is 0 Å². The normalized spacial score (nSPS) is 11.0. The monoisotopic (exact) mass is 291 g/mol. The summed E-state index contributed by atoms with van der Waals surface area (Å²) in [7, 11) is 1.64. The molecule has 1 heterocycles. The van der Waals surface area contributed by atoms with E-state index >= 15 is 0 Å². The lowest BCUT2D eigenvalue weighted by Gasteiger charge is -2.12. The SMILES string of the molecule is COCCOCn1cc(-c2ccccc2OC(C)C)nn1. The van der Waals surface area contributed by atoms with E-state index in [1.807, 2.05) is 44.3 Å². The van der Waals surface area contributed by atoms with Crippen molar-refractivity contribution in [2.24, 2.45) is 0 Å². The van der Waals surface area contributed by atoms with E-state index in [1.54, 1.807) is 11.8 Å². The molecular weight excluding hydrogens is 270 g/mol. The van der Waals surface area contributed by atoms with Crippen molar-refractivity contribution in [1.29, 1.82) is 0 Å². The summed E-state index contributed by atoms with van der Waals surface area (Å²) in [6.45, 7) is 5.43. The quantitative estimate of drug-likeness (QED) is 0.699. The van der Waals surface area contributed by atoms with E-state index in [1.165, 1.54) is 0 Å². The lowest BCUT2D eigenvalue weighted by Crippen LogP contribution is -2.07. The fourth-order valence-corrected chi connectivity index (χ4v) is 1.82. The van der Waals surface area contributed by atoms with Gasteiger partial charge in [-0.3, -0.25) is 0 Å². The Morgan fingerprint density at radius 2 is 2.00 bits per heavy atom. The minimum absolute atomic E-state index is 0.110. The number of para-hydroxylation sites is 1. The number of methoxy groups -OCH3 is 1. The van der Waals surface area contributed by atoms with E-state index in [2.05, 4.69) is 10.3 Å². The van der Waals surface area contributed by atoms with Gasteiger partial charge >= 0.3 is 0 Å². The molecule has 0 aliphatic heterocycles. The van der Waals surface area contributed by atoms with Gasteiger partial charge in [-0.05, 0) is 26.0 Å². The molecule has 0 aliphatic carbocycles. The first-order valence-corrected chi connectivity index (χ1v) is 6.93. The molecular formula is C15H21N3O3. The lowest BCUT2D eigenvalue weighted by molar-refractivity contribution is 0.0281. The lowest BCUT2D eigenvalue weighted by atomic mass is 10.1. The maximum atomic E-state index is 5.80. The highest BCUT2D eigenvalue weighted by molar-refractivity contribution is 5.66. The van der Waals surface area contributed by atoms with E-state index in [-0.39, 0.29) is 6.10 Å². The van der Waals surface area contributed by atoms with Gasteiger partial charge in [0.05, 0.1) is 25.5 Å². The Balaban J connectivity index is 2.07. The van der Waals surface area contributed by atoms with Crippen LogP contribution >= 0.6 is 0 Å². The summed E-state index contributed by atoms with van der Waals surface area (Å²) < 4.78 is 17.8. The highest BCUT2D eigenvalue weighted by atomic mass is 16.5. The molecule has 0 N–H and O–H groups in total. The molecule has 0 atom stereocenters. The molecule has 0 amide bonds. The number of rotatable bonds is 8. The average Bonchev–Trinajstić information content (AvgIpc) is 2.92. The molecule has 0 radical (unpaired) electrons. The second-order valence-corrected chi connectivity index (χ2v) is 4.84. The largest absolute Gasteiger partial charge is 0.490 e. The molecule has 6 nitrogen and oxygen atoms in total. The van der Waals surface area contributed by atoms with Gasteiger partial charge in [-0.15, -0.1) is 5.10 Å².